The van der Waals surface area contributed by atoms with E-state index in [0.29, 0.717) is 12.0 Å². The molecule has 0 spiro atoms. The van der Waals surface area contributed by atoms with E-state index in [4.69, 9.17) is 4.74 Å². The monoisotopic (exact) mass is 247 g/mol. The average Bonchev–Trinajstić information content (AvgIpc) is 2.52. The van der Waals surface area contributed by atoms with E-state index in [2.05, 4.69) is 50.1 Å². The van der Waals surface area contributed by atoms with Crippen molar-refractivity contribution in [1.82, 2.24) is 4.90 Å². The van der Waals surface area contributed by atoms with E-state index in [0.717, 1.165) is 18.7 Å². The highest BCUT2D eigenvalue weighted by atomic mass is 16.5. The van der Waals surface area contributed by atoms with Crippen molar-refractivity contribution in [3.05, 3.63) is 29.8 Å². The molecule has 100 valence electrons. The van der Waals surface area contributed by atoms with Crippen LogP contribution in [-0.4, -0.2) is 31.1 Å². The summed E-state index contributed by atoms with van der Waals surface area (Å²) >= 11 is 0. The fourth-order valence-corrected chi connectivity index (χ4v) is 2.70. The minimum Gasteiger partial charge on any atom is -0.490 e. The molecule has 2 heteroatoms. The average molecular weight is 247 g/mol. The van der Waals surface area contributed by atoms with Gasteiger partial charge >= 0.3 is 0 Å². The fraction of sp³-hybridized carbons (Fsp3) is 0.625. The van der Waals surface area contributed by atoms with E-state index in [1.54, 1.807) is 0 Å². The van der Waals surface area contributed by atoms with Gasteiger partial charge in [-0.05, 0) is 50.6 Å². The number of ether oxygens (including phenoxy) is 1. The summed E-state index contributed by atoms with van der Waals surface area (Å²) in [7, 11) is 2.20. The van der Waals surface area contributed by atoms with Gasteiger partial charge in [0.2, 0.25) is 0 Å². The molecule has 1 aromatic carbocycles. The maximum atomic E-state index is 6.17. The summed E-state index contributed by atoms with van der Waals surface area (Å²) in [4.78, 5) is 2.41. The Hall–Kier alpha value is -1.02. The van der Waals surface area contributed by atoms with Crippen LogP contribution in [0.3, 0.4) is 0 Å². The first-order valence-corrected chi connectivity index (χ1v) is 7.13. The van der Waals surface area contributed by atoms with Gasteiger partial charge in [0.25, 0.3) is 0 Å². The molecule has 0 bridgehead atoms. The highest BCUT2D eigenvalue weighted by Crippen LogP contribution is 2.23. The second-order valence-electron chi connectivity index (χ2n) is 5.54. The van der Waals surface area contributed by atoms with E-state index in [-0.39, 0.29) is 0 Å². The Morgan fingerprint density at radius 1 is 1.28 bits per heavy atom. The summed E-state index contributed by atoms with van der Waals surface area (Å²) in [5.41, 5.74) is 1.37. The maximum Gasteiger partial charge on any atom is 0.119 e. The van der Waals surface area contributed by atoms with Crippen molar-refractivity contribution in [2.24, 2.45) is 5.92 Å². The molecule has 1 aliphatic heterocycles. The predicted octanol–water partition coefficient (Wildman–Crippen LogP) is 3.36. The van der Waals surface area contributed by atoms with E-state index >= 15 is 0 Å². The summed E-state index contributed by atoms with van der Waals surface area (Å²) in [6.07, 6.45) is 3.85. The number of hydrogen-bond acceptors (Lipinski definition) is 2. The predicted molar refractivity (Wildman–Crippen MR) is 76.1 cm³/mol. The summed E-state index contributed by atoms with van der Waals surface area (Å²) < 4.78 is 6.17. The van der Waals surface area contributed by atoms with Gasteiger partial charge in [-0.2, -0.15) is 0 Å². The Kier molecular flexibility index (Phi) is 4.65. The highest BCUT2D eigenvalue weighted by molar-refractivity contribution is 5.27. The van der Waals surface area contributed by atoms with Crippen molar-refractivity contribution in [3.63, 3.8) is 0 Å². The number of nitrogens with zero attached hydrogens (tertiary/aromatic N) is 1. The second kappa shape index (κ2) is 6.24. The number of hydrogen-bond donors (Lipinski definition) is 0. The van der Waals surface area contributed by atoms with Crippen LogP contribution in [0.5, 0.6) is 5.75 Å². The molecule has 2 atom stereocenters. The van der Waals surface area contributed by atoms with Crippen LogP contribution in [0, 0.1) is 5.92 Å². The SMILES string of the molecule is CCc1ccc(OC2CCCN(C)CC2C)cc1. The first-order valence-electron chi connectivity index (χ1n) is 7.13. The van der Waals surface area contributed by atoms with Gasteiger partial charge in [-0.25, -0.2) is 0 Å². The molecular formula is C16H25NO. The third-order valence-electron chi connectivity index (χ3n) is 3.88. The van der Waals surface area contributed by atoms with Gasteiger partial charge < -0.3 is 9.64 Å². The molecule has 0 N–H and O–H groups in total. The lowest BCUT2D eigenvalue weighted by molar-refractivity contribution is 0.131. The van der Waals surface area contributed by atoms with Crippen LogP contribution in [-0.2, 0) is 6.42 Å². The van der Waals surface area contributed by atoms with Gasteiger partial charge in [0.15, 0.2) is 0 Å². The van der Waals surface area contributed by atoms with Gasteiger partial charge in [-0.3, -0.25) is 0 Å². The standard InChI is InChI=1S/C16H25NO/c1-4-14-7-9-15(10-8-14)18-16-6-5-11-17(3)12-13(16)2/h7-10,13,16H,4-6,11-12H2,1-3H3. The van der Waals surface area contributed by atoms with E-state index in [9.17, 15) is 0 Å². The van der Waals surface area contributed by atoms with Gasteiger partial charge in [-0.1, -0.05) is 26.0 Å². The van der Waals surface area contributed by atoms with Crippen molar-refractivity contribution >= 4 is 0 Å². The van der Waals surface area contributed by atoms with Crippen LogP contribution >= 0.6 is 0 Å². The fourth-order valence-electron chi connectivity index (χ4n) is 2.70. The summed E-state index contributed by atoms with van der Waals surface area (Å²) in [6.45, 7) is 6.81. The molecule has 1 aromatic rings. The van der Waals surface area contributed by atoms with Crippen LogP contribution in [0.2, 0.25) is 0 Å². The minimum absolute atomic E-state index is 0.363. The lowest BCUT2D eigenvalue weighted by Crippen LogP contribution is -2.30. The van der Waals surface area contributed by atoms with Crippen molar-refractivity contribution in [3.8, 4) is 5.75 Å². The summed E-state index contributed by atoms with van der Waals surface area (Å²) in [5.74, 6) is 1.62. The van der Waals surface area contributed by atoms with E-state index < -0.39 is 0 Å². The summed E-state index contributed by atoms with van der Waals surface area (Å²) in [6, 6.07) is 8.56. The molecule has 0 saturated carbocycles. The molecule has 0 radical (unpaired) electrons. The topological polar surface area (TPSA) is 12.5 Å². The molecule has 1 saturated heterocycles. The molecule has 2 rings (SSSR count). The lowest BCUT2D eigenvalue weighted by Gasteiger charge is -2.24. The van der Waals surface area contributed by atoms with Crippen LogP contribution in [0.1, 0.15) is 32.3 Å². The van der Waals surface area contributed by atoms with Crippen LogP contribution < -0.4 is 4.74 Å². The molecule has 1 aliphatic rings. The molecular weight excluding hydrogens is 222 g/mol. The third-order valence-corrected chi connectivity index (χ3v) is 3.88. The van der Waals surface area contributed by atoms with E-state index in [1.165, 1.54) is 24.9 Å². The molecule has 2 unspecified atom stereocenters. The lowest BCUT2D eigenvalue weighted by atomic mass is 10.0. The van der Waals surface area contributed by atoms with Crippen molar-refractivity contribution < 1.29 is 4.74 Å². The number of rotatable bonds is 3. The zero-order valence-electron chi connectivity index (χ0n) is 11.9. The zero-order valence-corrected chi connectivity index (χ0v) is 11.9. The molecule has 1 fully saturated rings. The molecule has 0 aliphatic carbocycles. The Morgan fingerprint density at radius 3 is 2.67 bits per heavy atom. The number of aryl methyl sites for hydroxylation is 1. The first kappa shape index (κ1) is 13.4. The largest absolute Gasteiger partial charge is 0.490 e. The van der Waals surface area contributed by atoms with Crippen LogP contribution in [0.25, 0.3) is 0 Å². The zero-order chi connectivity index (χ0) is 13.0. The number of likely N-dealkylation sites (tertiary alicyclic amines) is 1. The Balaban J connectivity index is 1.98. The Bertz CT molecular complexity index is 360. The third kappa shape index (κ3) is 3.49. The van der Waals surface area contributed by atoms with Crippen molar-refractivity contribution in [1.29, 1.82) is 0 Å². The van der Waals surface area contributed by atoms with Gasteiger partial charge in [0, 0.05) is 12.5 Å². The Morgan fingerprint density at radius 2 is 2.00 bits per heavy atom. The summed E-state index contributed by atoms with van der Waals surface area (Å²) in [5, 5.41) is 0. The van der Waals surface area contributed by atoms with Crippen molar-refractivity contribution in [2.75, 3.05) is 20.1 Å². The highest BCUT2D eigenvalue weighted by Gasteiger charge is 2.23. The van der Waals surface area contributed by atoms with Gasteiger partial charge in [-0.15, -0.1) is 0 Å². The quantitative estimate of drug-likeness (QED) is 0.812. The molecule has 1 heterocycles. The minimum atomic E-state index is 0.363. The number of benzene rings is 1. The van der Waals surface area contributed by atoms with Gasteiger partial charge in [0.05, 0.1) is 0 Å². The molecule has 0 aromatic heterocycles. The maximum absolute atomic E-state index is 6.17. The van der Waals surface area contributed by atoms with Crippen LogP contribution in [0.15, 0.2) is 24.3 Å². The second-order valence-corrected chi connectivity index (χ2v) is 5.54. The Labute approximate surface area is 111 Å². The van der Waals surface area contributed by atoms with Gasteiger partial charge in [0.1, 0.15) is 11.9 Å². The molecule has 2 nitrogen and oxygen atoms in total. The molecule has 18 heavy (non-hydrogen) atoms. The first-order chi connectivity index (χ1) is 8.69. The van der Waals surface area contributed by atoms with E-state index in [1.807, 2.05) is 0 Å². The smallest absolute Gasteiger partial charge is 0.119 e. The normalized spacial score (nSPS) is 25.7. The molecule has 0 amide bonds. The van der Waals surface area contributed by atoms with Crippen molar-refractivity contribution in [2.45, 2.75) is 39.2 Å². The van der Waals surface area contributed by atoms with Crippen LogP contribution in [0.4, 0.5) is 0 Å².